The van der Waals surface area contributed by atoms with Crippen molar-refractivity contribution >= 4 is 27.9 Å². The second kappa shape index (κ2) is 9.23. The summed E-state index contributed by atoms with van der Waals surface area (Å²) in [6, 6.07) is 16.2. The molecule has 4 rings (SSSR count). The highest BCUT2D eigenvalue weighted by atomic mass is 79.9. The zero-order valence-electron chi connectivity index (χ0n) is 17.3. The SMILES string of the molecule is C=CCOC(=O)C1=C(C)NC(=O)N[C@@H]1c1cn(-c2ccccc2)nc1-c1ccc(Br)cc1. The number of amides is 2. The van der Waals surface area contributed by atoms with E-state index in [1.54, 1.807) is 11.6 Å². The topological polar surface area (TPSA) is 85.2 Å². The van der Waals surface area contributed by atoms with E-state index < -0.39 is 18.0 Å². The summed E-state index contributed by atoms with van der Waals surface area (Å²) < 4.78 is 7.98. The fourth-order valence-electron chi connectivity index (χ4n) is 3.55. The van der Waals surface area contributed by atoms with Gasteiger partial charge < -0.3 is 15.4 Å². The van der Waals surface area contributed by atoms with Crippen LogP contribution in [0.4, 0.5) is 4.79 Å². The molecule has 0 saturated carbocycles. The summed E-state index contributed by atoms with van der Waals surface area (Å²) in [6.07, 6.45) is 3.33. The molecule has 1 aliphatic rings. The highest BCUT2D eigenvalue weighted by molar-refractivity contribution is 9.10. The zero-order chi connectivity index (χ0) is 22.7. The number of nitrogens with zero attached hydrogens (tertiary/aromatic N) is 2. The Hall–Kier alpha value is -3.65. The molecule has 2 N–H and O–H groups in total. The van der Waals surface area contributed by atoms with Gasteiger partial charge in [-0.05, 0) is 31.2 Å². The van der Waals surface area contributed by atoms with Crippen LogP contribution in [-0.2, 0) is 9.53 Å². The molecule has 2 aromatic carbocycles. The first-order chi connectivity index (χ1) is 15.5. The number of carbonyl (C=O) groups is 2. The van der Waals surface area contributed by atoms with Crippen molar-refractivity contribution in [3.8, 4) is 16.9 Å². The number of nitrogens with one attached hydrogen (secondary N) is 2. The molecule has 0 bridgehead atoms. The first-order valence-corrected chi connectivity index (χ1v) is 10.7. The number of carbonyl (C=O) groups excluding carboxylic acids is 2. The maximum absolute atomic E-state index is 12.9. The molecule has 0 spiro atoms. The van der Waals surface area contributed by atoms with Crippen molar-refractivity contribution in [2.45, 2.75) is 13.0 Å². The fraction of sp³-hybridized carbons (Fsp3) is 0.125. The lowest BCUT2D eigenvalue weighted by atomic mass is 9.94. The first kappa shape index (κ1) is 21.6. The van der Waals surface area contributed by atoms with E-state index in [4.69, 9.17) is 9.84 Å². The van der Waals surface area contributed by atoms with Crippen molar-refractivity contribution in [3.05, 3.63) is 94.8 Å². The van der Waals surface area contributed by atoms with Crippen LogP contribution in [0.25, 0.3) is 16.9 Å². The fourth-order valence-corrected chi connectivity index (χ4v) is 3.82. The minimum atomic E-state index is -0.739. The molecule has 1 aliphatic heterocycles. The summed E-state index contributed by atoms with van der Waals surface area (Å²) in [4.78, 5) is 25.2. The number of benzene rings is 2. The Morgan fingerprint density at radius 3 is 2.62 bits per heavy atom. The van der Waals surface area contributed by atoms with Crippen LogP contribution in [0.1, 0.15) is 18.5 Å². The normalized spacial score (nSPS) is 15.7. The van der Waals surface area contributed by atoms with Gasteiger partial charge in [-0.15, -0.1) is 0 Å². The number of esters is 1. The Morgan fingerprint density at radius 2 is 1.94 bits per heavy atom. The Balaban J connectivity index is 1.88. The van der Waals surface area contributed by atoms with E-state index in [0.29, 0.717) is 22.5 Å². The third-order valence-electron chi connectivity index (χ3n) is 5.01. The van der Waals surface area contributed by atoms with Crippen molar-refractivity contribution in [1.29, 1.82) is 0 Å². The van der Waals surface area contributed by atoms with Crippen LogP contribution in [0, 0.1) is 0 Å². The van der Waals surface area contributed by atoms with Gasteiger partial charge in [0, 0.05) is 27.5 Å². The molecule has 0 radical (unpaired) electrons. The molecule has 2 amide bonds. The van der Waals surface area contributed by atoms with Crippen LogP contribution >= 0.6 is 15.9 Å². The number of hydrogen-bond acceptors (Lipinski definition) is 4. The second-order valence-electron chi connectivity index (χ2n) is 7.18. The number of aromatic nitrogens is 2. The number of rotatable bonds is 6. The van der Waals surface area contributed by atoms with Crippen molar-refractivity contribution in [3.63, 3.8) is 0 Å². The highest BCUT2D eigenvalue weighted by Gasteiger charge is 2.35. The third-order valence-corrected chi connectivity index (χ3v) is 5.54. The van der Waals surface area contributed by atoms with Gasteiger partial charge in [-0.3, -0.25) is 0 Å². The Labute approximate surface area is 193 Å². The molecule has 0 fully saturated rings. The summed E-state index contributed by atoms with van der Waals surface area (Å²) >= 11 is 3.46. The van der Waals surface area contributed by atoms with E-state index in [-0.39, 0.29) is 6.61 Å². The molecule has 0 unspecified atom stereocenters. The summed E-state index contributed by atoms with van der Waals surface area (Å²) in [6.45, 7) is 5.33. The number of ether oxygens (including phenoxy) is 1. The summed E-state index contributed by atoms with van der Waals surface area (Å²) in [5, 5.41) is 10.3. The van der Waals surface area contributed by atoms with Gasteiger partial charge in [0.1, 0.15) is 6.61 Å². The van der Waals surface area contributed by atoms with E-state index in [1.165, 1.54) is 6.08 Å². The number of hydrogen-bond donors (Lipinski definition) is 2. The van der Waals surface area contributed by atoms with E-state index >= 15 is 0 Å². The van der Waals surface area contributed by atoms with Crippen LogP contribution < -0.4 is 10.6 Å². The van der Waals surface area contributed by atoms with Gasteiger partial charge in [0.15, 0.2) is 0 Å². The zero-order valence-corrected chi connectivity index (χ0v) is 18.9. The summed E-state index contributed by atoms with van der Waals surface area (Å²) in [5.41, 5.74) is 3.78. The van der Waals surface area contributed by atoms with E-state index in [0.717, 1.165) is 15.7 Å². The Morgan fingerprint density at radius 1 is 1.22 bits per heavy atom. The molecular weight excluding hydrogens is 472 g/mol. The monoisotopic (exact) mass is 492 g/mol. The van der Waals surface area contributed by atoms with Crippen molar-refractivity contribution in [1.82, 2.24) is 20.4 Å². The van der Waals surface area contributed by atoms with Gasteiger partial charge in [-0.1, -0.05) is 58.9 Å². The maximum Gasteiger partial charge on any atom is 0.338 e. The van der Waals surface area contributed by atoms with E-state index in [1.807, 2.05) is 60.8 Å². The van der Waals surface area contributed by atoms with Crippen LogP contribution in [0.2, 0.25) is 0 Å². The Bertz CT molecular complexity index is 1200. The minimum absolute atomic E-state index is 0.0686. The van der Waals surface area contributed by atoms with Gasteiger partial charge in [-0.25, -0.2) is 14.3 Å². The smallest absolute Gasteiger partial charge is 0.338 e. The number of allylic oxidation sites excluding steroid dienone is 1. The summed E-state index contributed by atoms with van der Waals surface area (Å²) in [5.74, 6) is -0.533. The van der Waals surface area contributed by atoms with Crippen molar-refractivity contribution in [2.75, 3.05) is 6.61 Å². The Kier molecular flexibility index (Phi) is 6.23. The molecule has 162 valence electrons. The number of urea groups is 1. The van der Waals surface area contributed by atoms with Crippen molar-refractivity contribution in [2.24, 2.45) is 0 Å². The molecule has 1 aromatic heterocycles. The highest BCUT2D eigenvalue weighted by Crippen LogP contribution is 2.35. The van der Waals surface area contributed by atoms with Crippen LogP contribution in [0.5, 0.6) is 0 Å². The van der Waals surface area contributed by atoms with Gasteiger partial charge in [-0.2, -0.15) is 5.10 Å². The van der Waals surface area contributed by atoms with Crippen LogP contribution in [0.15, 0.2) is 89.2 Å². The molecule has 2 heterocycles. The molecule has 7 nitrogen and oxygen atoms in total. The summed E-state index contributed by atoms with van der Waals surface area (Å²) in [7, 11) is 0. The average Bonchev–Trinajstić information content (AvgIpc) is 3.23. The van der Waals surface area contributed by atoms with E-state index in [2.05, 4.69) is 33.1 Å². The lowest BCUT2D eigenvalue weighted by Gasteiger charge is -2.27. The lowest BCUT2D eigenvalue weighted by Crippen LogP contribution is -2.45. The lowest BCUT2D eigenvalue weighted by molar-refractivity contribution is -0.138. The standard InChI is InChI=1S/C24H21BrN4O3/c1-3-13-32-23(30)20-15(2)26-24(31)27-22(20)19-14-29(18-7-5-4-6-8-18)28-21(19)16-9-11-17(25)12-10-16/h3-12,14,22H,1,13H2,2H3,(H2,26,27,31)/t22-/m1/s1. The van der Waals surface area contributed by atoms with Crippen LogP contribution in [-0.4, -0.2) is 28.4 Å². The molecule has 32 heavy (non-hydrogen) atoms. The van der Waals surface area contributed by atoms with Gasteiger partial charge in [0.25, 0.3) is 0 Å². The van der Waals surface area contributed by atoms with Gasteiger partial charge in [0.05, 0.1) is 23.0 Å². The maximum atomic E-state index is 12.9. The molecule has 8 heteroatoms. The van der Waals surface area contributed by atoms with Gasteiger partial charge >= 0.3 is 12.0 Å². The third kappa shape index (κ3) is 4.36. The van der Waals surface area contributed by atoms with E-state index in [9.17, 15) is 9.59 Å². The molecular formula is C24H21BrN4O3. The predicted octanol–water partition coefficient (Wildman–Crippen LogP) is 4.66. The number of halogens is 1. The largest absolute Gasteiger partial charge is 0.458 e. The predicted molar refractivity (Wildman–Crippen MR) is 125 cm³/mol. The quantitative estimate of drug-likeness (QED) is 0.387. The second-order valence-corrected chi connectivity index (χ2v) is 8.09. The average molecular weight is 493 g/mol. The molecule has 3 aromatic rings. The van der Waals surface area contributed by atoms with Crippen molar-refractivity contribution < 1.29 is 14.3 Å². The first-order valence-electron chi connectivity index (χ1n) is 9.95. The molecule has 1 atom stereocenters. The van der Waals surface area contributed by atoms with Gasteiger partial charge in [0.2, 0.25) is 0 Å². The molecule has 0 aliphatic carbocycles. The number of para-hydroxylation sites is 1. The molecule has 0 saturated heterocycles. The minimum Gasteiger partial charge on any atom is -0.458 e. The van der Waals surface area contributed by atoms with Crippen LogP contribution in [0.3, 0.4) is 0 Å².